The largest absolute Gasteiger partial charge is 0.476 e. The first-order valence-electron chi connectivity index (χ1n) is 6.55. The number of aromatic nitrogens is 1. The minimum Gasteiger partial charge on any atom is -0.476 e. The fourth-order valence-electron chi connectivity index (χ4n) is 1.85. The van der Waals surface area contributed by atoms with Crippen LogP contribution in [0.1, 0.15) is 13.8 Å². The molecule has 1 aromatic heterocycles. The summed E-state index contributed by atoms with van der Waals surface area (Å²) in [7, 11) is -0.679. The molecule has 6 heteroatoms. The van der Waals surface area contributed by atoms with Crippen molar-refractivity contribution in [2.24, 2.45) is 5.92 Å². The molecule has 1 aliphatic heterocycles. The first-order valence-corrected chi connectivity index (χ1v) is 8.04. The number of nitrogens with two attached hydrogens (primary N) is 1. The highest BCUT2D eigenvalue weighted by Gasteiger charge is 2.17. The lowest BCUT2D eigenvalue weighted by atomic mass is 10.2. The summed E-state index contributed by atoms with van der Waals surface area (Å²) in [6.45, 7) is 6.31. The van der Waals surface area contributed by atoms with Gasteiger partial charge < -0.3 is 15.4 Å². The molecule has 2 heterocycles. The zero-order chi connectivity index (χ0) is 13.8. The van der Waals surface area contributed by atoms with Crippen LogP contribution < -0.4 is 15.4 Å². The van der Waals surface area contributed by atoms with Crippen molar-refractivity contribution >= 4 is 22.3 Å². The number of rotatable bonds is 4. The van der Waals surface area contributed by atoms with Gasteiger partial charge in [-0.15, -0.1) is 0 Å². The molecule has 0 aliphatic carbocycles. The number of hydrogen-bond acceptors (Lipinski definition) is 5. The Labute approximate surface area is 116 Å². The van der Waals surface area contributed by atoms with Crippen molar-refractivity contribution in [3.63, 3.8) is 0 Å². The average molecular weight is 283 g/mol. The molecule has 2 rings (SSSR count). The second kappa shape index (κ2) is 6.23. The molecule has 106 valence electrons. The molecule has 0 spiro atoms. The first-order chi connectivity index (χ1) is 9.06. The van der Waals surface area contributed by atoms with Crippen LogP contribution in [0, 0.1) is 5.92 Å². The second-order valence-corrected chi connectivity index (χ2v) is 6.80. The Morgan fingerprint density at radius 2 is 2.11 bits per heavy atom. The Morgan fingerprint density at radius 1 is 1.42 bits per heavy atom. The maximum atomic E-state index is 11.4. The van der Waals surface area contributed by atoms with E-state index < -0.39 is 10.8 Å². The van der Waals surface area contributed by atoms with Crippen LogP contribution in [0.15, 0.2) is 12.1 Å². The molecular weight excluding hydrogens is 262 g/mol. The van der Waals surface area contributed by atoms with E-state index in [-0.39, 0.29) is 0 Å². The van der Waals surface area contributed by atoms with Gasteiger partial charge >= 0.3 is 0 Å². The van der Waals surface area contributed by atoms with Crippen LogP contribution in [0.5, 0.6) is 5.88 Å². The van der Waals surface area contributed by atoms with E-state index in [1.807, 2.05) is 12.1 Å². The molecule has 0 atom stereocenters. The normalized spacial score (nSPS) is 16.9. The Bertz CT molecular complexity index is 455. The smallest absolute Gasteiger partial charge is 0.239 e. The van der Waals surface area contributed by atoms with Crippen molar-refractivity contribution in [3.05, 3.63) is 12.1 Å². The zero-order valence-electron chi connectivity index (χ0n) is 11.5. The van der Waals surface area contributed by atoms with Gasteiger partial charge in [-0.05, 0) is 18.1 Å². The van der Waals surface area contributed by atoms with Gasteiger partial charge in [0.25, 0.3) is 0 Å². The van der Waals surface area contributed by atoms with Gasteiger partial charge in [0.15, 0.2) is 0 Å². The summed E-state index contributed by atoms with van der Waals surface area (Å²) in [5.74, 6) is 3.19. The summed E-state index contributed by atoms with van der Waals surface area (Å²) in [6.07, 6.45) is 0. The average Bonchev–Trinajstić information content (AvgIpc) is 2.39. The molecule has 2 N–H and O–H groups in total. The van der Waals surface area contributed by atoms with E-state index in [2.05, 4.69) is 23.7 Å². The summed E-state index contributed by atoms with van der Waals surface area (Å²) in [4.78, 5) is 6.60. The highest BCUT2D eigenvalue weighted by Crippen LogP contribution is 2.24. The molecule has 0 unspecified atom stereocenters. The summed E-state index contributed by atoms with van der Waals surface area (Å²) >= 11 is 0. The van der Waals surface area contributed by atoms with Gasteiger partial charge in [-0.2, -0.15) is 4.98 Å². The van der Waals surface area contributed by atoms with E-state index in [1.165, 1.54) is 0 Å². The van der Waals surface area contributed by atoms with E-state index in [0.29, 0.717) is 35.6 Å². The molecule has 1 aromatic rings. The summed E-state index contributed by atoms with van der Waals surface area (Å²) in [6, 6.07) is 3.72. The number of hydrogen-bond donors (Lipinski definition) is 1. The lowest BCUT2D eigenvalue weighted by Crippen LogP contribution is -2.38. The standard InChI is InChI=1S/C13H21N3O2S/c1-10(2)9-18-13-11(14)3-4-12(15-13)16-5-7-19(17)8-6-16/h3-4,10H,5-9,14H2,1-2H3. The third kappa shape index (κ3) is 3.83. The Hall–Kier alpha value is -1.30. The van der Waals surface area contributed by atoms with Gasteiger partial charge in [-0.25, -0.2) is 0 Å². The van der Waals surface area contributed by atoms with Crippen LogP contribution in [0.3, 0.4) is 0 Å². The molecule has 0 amide bonds. The lowest BCUT2D eigenvalue weighted by Gasteiger charge is -2.27. The Balaban J connectivity index is 2.09. The number of ether oxygens (including phenoxy) is 1. The van der Waals surface area contributed by atoms with E-state index in [0.717, 1.165) is 18.9 Å². The first kappa shape index (κ1) is 14.1. The molecule has 1 fully saturated rings. The van der Waals surface area contributed by atoms with E-state index in [1.54, 1.807) is 0 Å². The second-order valence-electron chi connectivity index (χ2n) is 5.10. The van der Waals surface area contributed by atoms with Crippen molar-refractivity contribution in [2.45, 2.75) is 13.8 Å². The van der Waals surface area contributed by atoms with Crippen LogP contribution in [0.2, 0.25) is 0 Å². The molecular formula is C13H21N3O2S. The molecule has 19 heavy (non-hydrogen) atoms. The predicted molar refractivity (Wildman–Crippen MR) is 79.1 cm³/mol. The fraction of sp³-hybridized carbons (Fsp3) is 0.615. The topological polar surface area (TPSA) is 68.5 Å². The van der Waals surface area contributed by atoms with E-state index in [4.69, 9.17) is 10.5 Å². The summed E-state index contributed by atoms with van der Waals surface area (Å²) < 4.78 is 17.0. The van der Waals surface area contributed by atoms with Gasteiger partial charge in [0.1, 0.15) is 5.82 Å². The van der Waals surface area contributed by atoms with Crippen molar-refractivity contribution in [3.8, 4) is 5.88 Å². The Kier molecular flexibility index (Phi) is 4.63. The van der Waals surface area contributed by atoms with Crippen molar-refractivity contribution in [1.82, 2.24) is 4.98 Å². The van der Waals surface area contributed by atoms with Crippen LogP contribution >= 0.6 is 0 Å². The van der Waals surface area contributed by atoms with Crippen molar-refractivity contribution in [2.75, 3.05) is 41.8 Å². The summed E-state index contributed by atoms with van der Waals surface area (Å²) in [5.41, 5.74) is 6.43. The minimum absolute atomic E-state index is 0.433. The molecule has 5 nitrogen and oxygen atoms in total. The quantitative estimate of drug-likeness (QED) is 0.901. The lowest BCUT2D eigenvalue weighted by molar-refractivity contribution is 0.263. The molecule has 0 radical (unpaired) electrons. The highest BCUT2D eigenvalue weighted by molar-refractivity contribution is 7.85. The Morgan fingerprint density at radius 3 is 2.74 bits per heavy atom. The van der Waals surface area contributed by atoms with Crippen molar-refractivity contribution < 1.29 is 8.95 Å². The fourth-order valence-corrected chi connectivity index (χ4v) is 2.90. The molecule has 1 aliphatic rings. The predicted octanol–water partition coefficient (Wildman–Crippen LogP) is 1.27. The third-order valence-corrected chi connectivity index (χ3v) is 4.21. The van der Waals surface area contributed by atoms with E-state index in [9.17, 15) is 4.21 Å². The van der Waals surface area contributed by atoms with Crippen LogP contribution in [0.4, 0.5) is 11.5 Å². The molecule has 1 saturated heterocycles. The number of nitrogen functional groups attached to an aromatic ring is 1. The van der Waals surface area contributed by atoms with Gasteiger partial charge in [0.05, 0.1) is 12.3 Å². The maximum absolute atomic E-state index is 11.4. The molecule has 0 aromatic carbocycles. The number of nitrogens with zero attached hydrogens (tertiary/aromatic N) is 2. The SMILES string of the molecule is CC(C)COc1nc(N2CCS(=O)CC2)ccc1N. The molecule has 0 bridgehead atoms. The van der Waals surface area contributed by atoms with Crippen LogP contribution in [-0.4, -0.2) is 40.4 Å². The summed E-state index contributed by atoms with van der Waals surface area (Å²) in [5, 5.41) is 0. The van der Waals surface area contributed by atoms with Gasteiger partial charge in [0.2, 0.25) is 5.88 Å². The van der Waals surface area contributed by atoms with Gasteiger partial charge in [0, 0.05) is 35.4 Å². The monoisotopic (exact) mass is 283 g/mol. The van der Waals surface area contributed by atoms with Crippen molar-refractivity contribution in [1.29, 1.82) is 0 Å². The highest BCUT2D eigenvalue weighted by atomic mass is 32.2. The van der Waals surface area contributed by atoms with Gasteiger partial charge in [-0.1, -0.05) is 13.8 Å². The van der Waals surface area contributed by atoms with Crippen LogP contribution in [0.25, 0.3) is 0 Å². The van der Waals surface area contributed by atoms with E-state index >= 15 is 0 Å². The maximum Gasteiger partial charge on any atom is 0.239 e. The number of pyridine rings is 1. The minimum atomic E-state index is -0.679. The number of anilines is 2. The molecule has 0 saturated carbocycles. The van der Waals surface area contributed by atoms with Gasteiger partial charge in [-0.3, -0.25) is 4.21 Å². The van der Waals surface area contributed by atoms with Crippen LogP contribution in [-0.2, 0) is 10.8 Å². The third-order valence-electron chi connectivity index (χ3n) is 2.93. The zero-order valence-corrected chi connectivity index (χ0v) is 12.3.